The van der Waals surface area contributed by atoms with E-state index in [1.807, 2.05) is 30.3 Å². The summed E-state index contributed by atoms with van der Waals surface area (Å²) in [5.74, 6) is 1.43. The van der Waals surface area contributed by atoms with E-state index in [4.69, 9.17) is 0 Å². The zero-order valence-electron chi connectivity index (χ0n) is 19.6. The van der Waals surface area contributed by atoms with Crippen LogP contribution in [0.15, 0.2) is 70.6 Å². The molecule has 0 radical (unpaired) electrons. The maximum atomic E-state index is 12.7. The first-order chi connectivity index (χ1) is 16.0. The van der Waals surface area contributed by atoms with E-state index < -0.39 is 0 Å². The molecule has 2 heterocycles. The molecule has 0 aliphatic carbocycles. The Labute approximate surface area is 201 Å². The Bertz CT molecular complexity index is 1060. The van der Waals surface area contributed by atoms with Crippen LogP contribution in [0.2, 0.25) is 0 Å². The predicted octanol–water partition coefficient (Wildman–Crippen LogP) is 5.38. The molecule has 1 aliphatic rings. The molecular weight excluding hydrogens is 428 g/mol. The van der Waals surface area contributed by atoms with Crippen molar-refractivity contribution in [1.29, 1.82) is 0 Å². The number of carbonyl (C=O) groups is 1. The van der Waals surface area contributed by atoms with E-state index in [-0.39, 0.29) is 11.8 Å². The highest BCUT2D eigenvalue weighted by atomic mass is 32.2. The van der Waals surface area contributed by atoms with Crippen LogP contribution < -0.4 is 10.2 Å². The molecule has 33 heavy (non-hydrogen) atoms. The summed E-state index contributed by atoms with van der Waals surface area (Å²) < 4.78 is 0. The van der Waals surface area contributed by atoms with Crippen LogP contribution in [0.3, 0.4) is 0 Å². The summed E-state index contributed by atoms with van der Waals surface area (Å²) in [5, 5.41) is 13.0. The van der Waals surface area contributed by atoms with Gasteiger partial charge in [0.25, 0.3) is 0 Å². The van der Waals surface area contributed by atoms with Crippen LogP contribution in [-0.2, 0) is 4.79 Å². The summed E-state index contributed by atoms with van der Waals surface area (Å²) in [6.45, 7) is 8.69. The number of aromatic nitrogens is 2. The van der Waals surface area contributed by atoms with E-state index in [1.54, 1.807) is 11.8 Å². The van der Waals surface area contributed by atoms with Gasteiger partial charge in [-0.3, -0.25) is 4.79 Å². The molecule has 0 spiro atoms. The molecule has 4 rings (SSSR count). The van der Waals surface area contributed by atoms with Gasteiger partial charge in [-0.1, -0.05) is 61.2 Å². The Hall–Kier alpha value is -2.86. The molecule has 1 saturated heterocycles. The number of hydrogen-bond donors (Lipinski definition) is 1. The lowest BCUT2D eigenvalue weighted by Gasteiger charge is -2.32. The highest BCUT2D eigenvalue weighted by Gasteiger charge is 2.26. The average molecular weight is 461 g/mol. The van der Waals surface area contributed by atoms with Gasteiger partial charge in [0.1, 0.15) is 5.03 Å². The summed E-state index contributed by atoms with van der Waals surface area (Å²) in [6.07, 6.45) is 1.68. The Balaban J connectivity index is 1.26. The van der Waals surface area contributed by atoms with E-state index in [2.05, 4.69) is 71.5 Å². The van der Waals surface area contributed by atoms with Gasteiger partial charge in [0.05, 0.1) is 0 Å². The van der Waals surface area contributed by atoms with Gasteiger partial charge in [0.15, 0.2) is 5.82 Å². The predicted molar refractivity (Wildman–Crippen MR) is 135 cm³/mol. The third-order valence-corrected chi connectivity index (χ3v) is 7.41. The molecule has 0 saturated carbocycles. The van der Waals surface area contributed by atoms with E-state index in [1.165, 1.54) is 21.6 Å². The SMILES string of the molecule is Cc1ccc(C)c(Sc2ccc(N3CCC(C(=O)NCC(C)c4ccccc4)CC3)nn2)c1. The largest absolute Gasteiger partial charge is 0.355 e. The minimum atomic E-state index is 0.0660. The van der Waals surface area contributed by atoms with Crippen molar-refractivity contribution >= 4 is 23.5 Å². The van der Waals surface area contributed by atoms with Crippen LogP contribution in [0.25, 0.3) is 0 Å². The van der Waals surface area contributed by atoms with Crippen molar-refractivity contribution in [1.82, 2.24) is 15.5 Å². The number of benzene rings is 2. The monoisotopic (exact) mass is 460 g/mol. The highest BCUT2D eigenvalue weighted by molar-refractivity contribution is 7.99. The lowest BCUT2D eigenvalue weighted by atomic mass is 9.95. The third-order valence-electron chi connectivity index (χ3n) is 6.33. The van der Waals surface area contributed by atoms with Crippen molar-refractivity contribution in [3.63, 3.8) is 0 Å². The van der Waals surface area contributed by atoms with Gasteiger partial charge in [-0.05, 0) is 67.5 Å². The van der Waals surface area contributed by atoms with Crippen LogP contribution in [-0.4, -0.2) is 35.7 Å². The number of anilines is 1. The zero-order valence-corrected chi connectivity index (χ0v) is 20.4. The molecule has 0 bridgehead atoms. The molecule has 1 unspecified atom stereocenters. The molecule has 3 aromatic rings. The molecule has 1 amide bonds. The van der Waals surface area contributed by atoms with Gasteiger partial charge in [-0.15, -0.1) is 10.2 Å². The first-order valence-corrected chi connectivity index (χ1v) is 12.5. The molecule has 6 heteroatoms. The standard InChI is InChI=1S/C27H32N4OS/c1-19-9-10-20(2)24(17-19)33-26-12-11-25(29-30-26)31-15-13-23(14-16-31)27(32)28-18-21(3)22-7-5-4-6-8-22/h4-12,17,21,23H,13-16,18H2,1-3H3,(H,28,32). The van der Waals surface area contributed by atoms with E-state index in [9.17, 15) is 4.79 Å². The van der Waals surface area contributed by atoms with Crippen molar-refractivity contribution in [2.75, 3.05) is 24.5 Å². The quantitative estimate of drug-likeness (QED) is 0.513. The summed E-state index contributed by atoms with van der Waals surface area (Å²) in [4.78, 5) is 16.1. The van der Waals surface area contributed by atoms with Crippen LogP contribution in [0.4, 0.5) is 5.82 Å². The molecule has 1 aliphatic heterocycles. The number of piperidine rings is 1. The number of nitrogens with zero attached hydrogens (tertiary/aromatic N) is 3. The Morgan fingerprint density at radius 3 is 2.52 bits per heavy atom. The first-order valence-electron chi connectivity index (χ1n) is 11.7. The smallest absolute Gasteiger partial charge is 0.223 e. The average Bonchev–Trinajstić information content (AvgIpc) is 2.85. The van der Waals surface area contributed by atoms with Gasteiger partial charge in [0.2, 0.25) is 5.91 Å². The second kappa shape index (κ2) is 10.8. The lowest BCUT2D eigenvalue weighted by Crippen LogP contribution is -2.41. The fraction of sp³-hybridized carbons (Fsp3) is 0.370. The minimum absolute atomic E-state index is 0.0660. The van der Waals surface area contributed by atoms with Crippen molar-refractivity contribution in [2.24, 2.45) is 5.92 Å². The fourth-order valence-electron chi connectivity index (χ4n) is 4.13. The maximum absolute atomic E-state index is 12.7. The molecule has 1 aromatic heterocycles. The van der Waals surface area contributed by atoms with Crippen molar-refractivity contribution < 1.29 is 4.79 Å². The molecule has 2 aromatic carbocycles. The molecule has 1 atom stereocenters. The molecule has 1 fully saturated rings. The van der Waals surface area contributed by atoms with Crippen LogP contribution in [0, 0.1) is 19.8 Å². The second-order valence-corrected chi connectivity index (χ2v) is 9.98. The van der Waals surface area contributed by atoms with Gasteiger partial charge >= 0.3 is 0 Å². The number of amides is 1. The van der Waals surface area contributed by atoms with Gasteiger partial charge in [0, 0.05) is 30.4 Å². The number of aryl methyl sites for hydroxylation is 2. The Kier molecular flexibility index (Phi) is 7.65. The van der Waals surface area contributed by atoms with Gasteiger partial charge in [-0.25, -0.2) is 0 Å². The summed E-state index contributed by atoms with van der Waals surface area (Å²) in [7, 11) is 0. The summed E-state index contributed by atoms with van der Waals surface area (Å²) in [5.41, 5.74) is 3.74. The van der Waals surface area contributed by atoms with Crippen LogP contribution in [0.1, 0.15) is 42.4 Å². The molecule has 1 N–H and O–H groups in total. The molecular formula is C27H32N4OS. The van der Waals surface area contributed by atoms with Crippen molar-refractivity contribution in [3.05, 3.63) is 77.4 Å². The van der Waals surface area contributed by atoms with E-state index in [0.29, 0.717) is 12.5 Å². The molecule has 5 nitrogen and oxygen atoms in total. The van der Waals surface area contributed by atoms with Gasteiger partial charge < -0.3 is 10.2 Å². The number of nitrogens with one attached hydrogen (secondary N) is 1. The second-order valence-electron chi connectivity index (χ2n) is 8.92. The van der Waals surface area contributed by atoms with Gasteiger partial charge in [-0.2, -0.15) is 0 Å². The van der Waals surface area contributed by atoms with E-state index in [0.717, 1.165) is 36.8 Å². The first kappa shape index (κ1) is 23.3. The topological polar surface area (TPSA) is 58.1 Å². The normalized spacial score (nSPS) is 15.3. The Morgan fingerprint density at radius 2 is 1.82 bits per heavy atom. The summed E-state index contributed by atoms with van der Waals surface area (Å²) >= 11 is 1.65. The Morgan fingerprint density at radius 1 is 1.06 bits per heavy atom. The van der Waals surface area contributed by atoms with E-state index >= 15 is 0 Å². The minimum Gasteiger partial charge on any atom is -0.355 e. The van der Waals surface area contributed by atoms with Crippen LogP contribution in [0.5, 0.6) is 0 Å². The number of carbonyl (C=O) groups excluding carboxylic acids is 1. The fourth-order valence-corrected chi connectivity index (χ4v) is 5.05. The van der Waals surface area contributed by atoms with Crippen molar-refractivity contribution in [3.8, 4) is 0 Å². The summed E-state index contributed by atoms with van der Waals surface area (Å²) in [6, 6.07) is 20.9. The highest BCUT2D eigenvalue weighted by Crippen LogP contribution is 2.30. The van der Waals surface area contributed by atoms with Crippen LogP contribution >= 0.6 is 11.8 Å². The maximum Gasteiger partial charge on any atom is 0.223 e. The molecule has 172 valence electrons. The third kappa shape index (κ3) is 6.14. The lowest BCUT2D eigenvalue weighted by molar-refractivity contribution is -0.125. The number of hydrogen-bond acceptors (Lipinski definition) is 5. The van der Waals surface area contributed by atoms with Crippen molar-refractivity contribution in [2.45, 2.75) is 49.5 Å². The zero-order chi connectivity index (χ0) is 23.2. The number of rotatable bonds is 7.